The number of halogens is 3. The Bertz CT molecular complexity index is 376. The van der Waals surface area contributed by atoms with Crippen LogP contribution in [-0.4, -0.2) is 4.98 Å². The van der Waals surface area contributed by atoms with Gasteiger partial charge in [-0.05, 0) is 24.0 Å². The molecule has 16 heavy (non-hydrogen) atoms. The van der Waals surface area contributed by atoms with Crippen molar-refractivity contribution in [2.75, 3.05) is 0 Å². The minimum absolute atomic E-state index is 0.0419. The first-order valence-electron chi connectivity index (χ1n) is 4.89. The molecule has 0 saturated heterocycles. The number of nitriles is 1. The highest BCUT2D eigenvalue weighted by Crippen LogP contribution is 2.29. The Morgan fingerprint density at radius 2 is 2.12 bits per heavy atom. The van der Waals surface area contributed by atoms with Crippen molar-refractivity contribution in [2.24, 2.45) is 0 Å². The molecule has 0 saturated carbocycles. The van der Waals surface area contributed by atoms with Crippen LogP contribution >= 0.6 is 0 Å². The molecule has 0 spiro atoms. The largest absolute Gasteiger partial charge is 0.433 e. The molecule has 1 atom stereocenters. The molecular formula is C11H11F3N2. The van der Waals surface area contributed by atoms with E-state index in [1.165, 1.54) is 12.3 Å². The fraction of sp³-hybridized carbons (Fsp3) is 0.455. The summed E-state index contributed by atoms with van der Waals surface area (Å²) in [5, 5.41) is 8.56. The van der Waals surface area contributed by atoms with E-state index in [2.05, 4.69) is 4.98 Å². The van der Waals surface area contributed by atoms with Gasteiger partial charge in [0.25, 0.3) is 0 Å². The molecule has 0 aliphatic carbocycles. The van der Waals surface area contributed by atoms with Crippen LogP contribution in [0.4, 0.5) is 13.2 Å². The topological polar surface area (TPSA) is 36.7 Å². The van der Waals surface area contributed by atoms with Gasteiger partial charge in [0.05, 0.1) is 6.07 Å². The minimum Gasteiger partial charge on any atom is -0.251 e. The van der Waals surface area contributed by atoms with Crippen molar-refractivity contribution < 1.29 is 13.2 Å². The van der Waals surface area contributed by atoms with E-state index in [1.54, 1.807) is 0 Å². The van der Waals surface area contributed by atoms with Gasteiger partial charge in [-0.25, -0.2) is 0 Å². The Morgan fingerprint density at radius 1 is 1.44 bits per heavy atom. The Hall–Kier alpha value is -1.57. The average molecular weight is 228 g/mol. The number of aromatic nitrogens is 1. The lowest BCUT2D eigenvalue weighted by molar-refractivity contribution is -0.141. The van der Waals surface area contributed by atoms with Crippen molar-refractivity contribution in [3.05, 3.63) is 29.6 Å². The molecule has 0 aromatic carbocycles. The summed E-state index contributed by atoms with van der Waals surface area (Å²) in [6.45, 7) is 1.89. The molecule has 1 rings (SSSR count). The smallest absolute Gasteiger partial charge is 0.251 e. The summed E-state index contributed by atoms with van der Waals surface area (Å²) >= 11 is 0. The van der Waals surface area contributed by atoms with Gasteiger partial charge in [-0.1, -0.05) is 13.0 Å². The zero-order chi connectivity index (χ0) is 12.2. The second-order valence-electron chi connectivity index (χ2n) is 3.44. The lowest BCUT2D eigenvalue weighted by atomic mass is 9.95. The van der Waals surface area contributed by atoms with E-state index in [4.69, 9.17) is 5.26 Å². The molecule has 0 amide bonds. The van der Waals surface area contributed by atoms with Crippen LogP contribution in [0.2, 0.25) is 0 Å². The van der Waals surface area contributed by atoms with Crippen molar-refractivity contribution in [1.82, 2.24) is 4.98 Å². The standard InChI is InChI=1S/C11H11F3N2/c1-2-8(5-6-15)9-3-4-10(16-7-9)11(12,13)14/h3-4,7-8H,2,5H2,1H3. The SMILES string of the molecule is CCC(CC#N)c1ccc(C(F)(F)F)nc1. The van der Waals surface area contributed by atoms with Crippen molar-refractivity contribution in [3.8, 4) is 6.07 Å². The Balaban J connectivity index is 2.90. The molecule has 5 heteroatoms. The van der Waals surface area contributed by atoms with Crippen molar-refractivity contribution in [3.63, 3.8) is 0 Å². The van der Waals surface area contributed by atoms with Gasteiger partial charge >= 0.3 is 6.18 Å². The lowest BCUT2D eigenvalue weighted by Gasteiger charge is -2.12. The highest BCUT2D eigenvalue weighted by Gasteiger charge is 2.32. The number of hydrogen-bond donors (Lipinski definition) is 0. The van der Waals surface area contributed by atoms with Gasteiger partial charge < -0.3 is 0 Å². The molecule has 1 unspecified atom stereocenters. The van der Waals surface area contributed by atoms with Crippen molar-refractivity contribution in [2.45, 2.75) is 31.9 Å². The number of alkyl halides is 3. The van der Waals surface area contributed by atoms with Crippen LogP contribution in [0, 0.1) is 11.3 Å². The van der Waals surface area contributed by atoms with E-state index >= 15 is 0 Å². The van der Waals surface area contributed by atoms with Gasteiger partial charge in [0.15, 0.2) is 0 Å². The zero-order valence-electron chi connectivity index (χ0n) is 8.75. The van der Waals surface area contributed by atoms with E-state index in [0.717, 1.165) is 6.07 Å². The van der Waals surface area contributed by atoms with E-state index in [0.29, 0.717) is 18.4 Å². The average Bonchev–Trinajstić information content (AvgIpc) is 2.25. The molecule has 0 radical (unpaired) electrons. The van der Waals surface area contributed by atoms with E-state index < -0.39 is 11.9 Å². The van der Waals surface area contributed by atoms with Crippen molar-refractivity contribution in [1.29, 1.82) is 5.26 Å². The van der Waals surface area contributed by atoms with Gasteiger partial charge in [0, 0.05) is 12.6 Å². The summed E-state index contributed by atoms with van der Waals surface area (Å²) in [4.78, 5) is 3.37. The summed E-state index contributed by atoms with van der Waals surface area (Å²) in [5.74, 6) is -0.0419. The first kappa shape index (κ1) is 12.5. The maximum absolute atomic E-state index is 12.2. The third-order valence-corrected chi connectivity index (χ3v) is 2.38. The Morgan fingerprint density at radius 3 is 2.50 bits per heavy atom. The fourth-order valence-electron chi connectivity index (χ4n) is 1.42. The fourth-order valence-corrected chi connectivity index (χ4v) is 1.42. The predicted octanol–water partition coefficient (Wildman–Crippen LogP) is 3.51. The van der Waals surface area contributed by atoms with Crippen LogP contribution in [-0.2, 0) is 6.18 Å². The first-order chi connectivity index (χ1) is 7.49. The van der Waals surface area contributed by atoms with Crippen LogP contribution in [0.1, 0.15) is 36.9 Å². The molecule has 2 nitrogen and oxygen atoms in total. The van der Waals surface area contributed by atoms with Crippen LogP contribution in [0.5, 0.6) is 0 Å². The molecule has 0 aliphatic heterocycles. The molecule has 0 aliphatic rings. The second kappa shape index (κ2) is 4.97. The second-order valence-corrected chi connectivity index (χ2v) is 3.44. The van der Waals surface area contributed by atoms with E-state index in [9.17, 15) is 13.2 Å². The van der Waals surface area contributed by atoms with Gasteiger partial charge in [0.1, 0.15) is 5.69 Å². The summed E-state index contributed by atoms with van der Waals surface area (Å²) in [7, 11) is 0. The summed E-state index contributed by atoms with van der Waals surface area (Å²) < 4.78 is 36.7. The van der Waals surface area contributed by atoms with E-state index in [1.807, 2.05) is 13.0 Å². The first-order valence-corrected chi connectivity index (χ1v) is 4.89. The molecule has 0 fully saturated rings. The van der Waals surface area contributed by atoms with Gasteiger partial charge in [-0.2, -0.15) is 18.4 Å². The Labute approximate surface area is 91.7 Å². The van der Waals surface area contributed by atoms with Crippen LogP contribution in [0.25, 0.3) is 0 Å². The summed E-state index contributed by atoms with van der Waals surface area (Å²) in [5.41, 5.74) is -0.222. The molecule has 1 aromatic rings. The van der Waals surface area contributed by atoms with E-state index in [-0.39, 0.29) is 5.92 Å². The molecule has 1 aromatic heterocycles. The highest BCUT2D eigenvalue weighted by molar-refractivity contribution is 5.20. The molecule has 86 valence electrons. The van der Waals surface area contributed by atoms with Gasteiger partial charge in [-0.3, -0.25) is 4.98 Å². The maximum Gasteiger partial charge on any atom is 0.433 e. The summed E-state index contributed by atoms with van der Waals surface area (Å²) in [6.07, 6.45) is -2.20. The third kappa shape index (κ3) is 2.96. The maximum atomic E-state index is 12.2. The molecule has 1 heterocycles. The van der Waals surface area contributed by atoms with Crippen LogP contribution in [0.3, 0.4) is 0 Å². The molecular weight excluding hydrogens is 217 g/mol. The van der Waals surface area contributed by atoms with Crippen molar-refractivity contribution >= 4 is 0 Å². The lowest BCUT2D eigenvalue weighted by Crippen LogP contribution is -2.08. The molecule has 0 bridgehead atoms. The predicted molar refractivity (Wildman–Crippen MR) is 52.5 cm³/mol. The Kier molecular flexibility index (Phi) is 3.88. The number of nitrogens with zero attached hydrogens (tertiary/aromatic N) is 2. The molecule has 0 N–H and O–H groups in total. The summed E-state index contributed by atoms with van der Waals surface area (Å²) in [6, 6.07) is 4.36. The highest BCUT2D eigenvalue weighted by atomic mass is 19.4. The third-order valence-electron chi connectivity index (χ3n) is 2.38. The quantitative estimate of drug-likeness (QED) is 0.793. The number of hydrogen-bond acceptors (Lipinski definition) is 2. The van der Waals surface area contributed by atoms with Gasteiger partial charge in [-0.15, -0.1) is 0 Å². The number of pyridine rings is 1. The van der Waals surface area contributed by atoms with Crippen LogP contribution < -0.4 is 0 Å². The minimum atomic E-state index is -4.41. The van der Waals surface area contributed by atoms with Crippen LogP contribution in [0.15, 0.2) is 18.3 Å². The normalized spacial score (nSPS) is 13.2. The number of rotatable bonds is 3. The van der Waals surface area contributed by atoms with Gasteiger partial charge in [0.2, 0.25) is 0 Å². The zero-order valence-corrected chi connectivity index (χ0v) is 8.75. The monoisotopic (exact) mass is 228 g/mol.